The zero-order chi connectivity index (χ0) is 29.6. The van der Waals surface area contributed by atoms with E-state index in [-0.39, 0.29) is 24.0 Å². The third kappa shape index (κ3) is 8.63. The van der Waals surface area contributed by atoms with Crippen molar-refractivity contribution >= 4 is 31.0 Å². The van der Waals surface area contributed by atoms with Crippen molar-refractivity contribution in [1.82, 2.24) is 4.98 Å². The van der Waals surface area contributed by atoms with Crippen LogP contribution in [-0.2, 0) is 23.1 Å². The second kappa shape index (κ2) is 14.6. The maximum absolute atomic E-state index is 15.4. The van der Waals surface area contributed by atoms with E-state index in [0.29, 0.717) is 29.2 Å². The minimum absolute atomic E-state index is 0.248. The van der Waals surface area contributed by atoms with Crippen LogP contribution in [0.2, 0.25) is 0 Å². The smallest absolute Gasteiger partial charge is 0.376 e. The van der Waals surface area contributed by atoms with Crippen molar-refractivity contribution in [2.24, 2.45) is 35.5 Å². The molecule has 0 saturated heterocycles. The van der Waals surface area contributed by atoms with Crippen molar-refractivity contribution < 1.29 is 23.1 Å². The van der Waals surface area contributed by atoms with Crippen molar-refractivity contribution in [2.75, 3.05) is 0 Å². The maximum Gasteiger partial charge on any atom is 0.376 e. The molecule has 6 nitrogen and oxygen atoms in total. The third-order valence-electron chi connectivity index (χ3n) is 8.90. The van der Waals surface area contributed by atoms with E-state index in [1.165, 1.54) is 17.4 Å². The summed E-state index contributed by atoms with van der Waals surface area (Å²) in [5, 5.41) is 1.95. The Morgan fingerprint density at radius 3 is 2.05 bits per heavy atom. The fourth-order valence-corrected chi connectivity index (χ4v) is 9.39. The molecule has 0 aliphatic heterocycles. The Bertz CT molecular complexity index is 1130. The molecule has 0 spiro atoms. The SMILES string of the molecule is CC1CCC(C(C)C)C(OP(=O)(OC2CC(C)CCC2C(C)C)C(OC(=O)/C=C/c2cccs2)c2cccnc2)C1. The molecule has 0 bridgehead atoms. The molecule has 4 rings (SSSR count). The number of esters is 1. The first kappa shape index (κ1) is 32.1. The van der Waals surface area contributed by atoms with Gasteiger partial charge < -0.3 is 13.8 Å². The molecule has 0 aromatic carbocycles. The summed E-state index contributed by atoms with van der Waals surface area (Å²) < 4.78 is 35.0. The molecule has 0 amide bonds. The predicted octanol–water partition coefficient (Wildman–Crippen LogP) is 9.55. The van der Waals surface area contributed by atoms with Gasteiger partial charge in [-0.25, -0.2) is 4.79 Å². The van der Waals surface area contributed by atoms with Crippen molar-refractivity contribution in [1.29, 1.82) is 0 Å². The first-order chi connectivity index (χ1) is 19.6. The van der Waals surface area contributed by atoms with Crippen LogP contribution >= 0.6 is 18.9 Å². The number of carbonyl (C=O) groups excluding carboxylic acids is 1. The van der Waals surface area contributed by atoms with Gasteiger partial charge >= 0.3 is 13.6 Å². The monoisotopic (exact) mass is 601 g/mol. The first-order valence-electron chi connectivity index (χ1n) is 15.3. The van der Waals surface area contributed by atoms with Crippen LogP contribution in [0.1, 0.15) is 96.4 Å². The summed E-state index contributed by atoms with van der Waals surface area (Å²) in [6, 6.07) is 7.41. The summed E-state index contributed by atoms with van der Waals surface area (Å²) in [5.41, 5.74) is 0.517. The van der Waals surface area contributed by atoms with Crippen molar-refractivity contribution in [3.63, 3.8) is 0 Å². The van der Waals surface area contributed by atoms with E-state index in [4.69, 9.17) is 13.8 Å². The highest BCUT2D eigenvalue weighted by molar-refractivity contribution is 7.54. The molecule has 2 saturated carbocycles. The minimum Gasteiger partial charge on any atom is -0.441 e. The number of ether oxygens (including phenoxy) is 1. The predicted molar refractivity (Wildman–Crippen MR) is 166 cm³/mol. The maximum atomic E-state index is 15.4. The first-order valence-corrected chi connectivity index (χ1v) is 17.8. The summed E-state index contributed by atoms with van der Waals surface area (Å²) in [6.45, 7) is 13.3. The van der Waals surface area contributed by atoms with Gasteiger partial charge in [0.1, 0.15) is 0 Å². The number of hydrogen-bond acceptors (Lipinski definition) is 7. The van der Waals surface area contributed by atoms with Crippen LogP contribution in [0, 0.1) is 35.5 Å². The van der Waals surface area contributed by atoms with E-state index < -0.39 is 19.4 Å². The quantitative estimate of drug-likeness (QED) is 0.145. The van der Waals surface area contributed by atoms with Crippen LogP contribution in [0.5, 0.6) is 0 Å². The van der Waals surface area contributed by atoms with Crippen LogP contribution in [0.25, 0.3) is 6.08 Å². The van der Waals surface area contributed by atoms with E-state index in [0.717, 1.165) is 43.4 Å². The molecule has 7 unspecified atom stereocenters. The molecule has 7 atom stereocenters. The number of hydrogen-bond donors (Lipinski definition) is 0. The van der Waals surface area contributed by atoms with Crippen molar-refractivity contribution in [3.05, 3.63) is 58.6 Å². The van der Waals surface area contributed by atoms with Gasteiger partial charge in [-0.15, -0.1) is 11.3 Å². The molecule has 226 valence electrons. The standard InChI is InChI=1S/C33H48NO5PS/c1-22(2)28-14-11-24(5)19-30(28)38-40(36,39-31-20-25(6)12-15-29(31)23(3)4)33(26-9-7-17-34-21-26)37-32(35)16-13-27-10-8-18-41-27/h7-10,13,16-18,21-25,28-31,33H,11-12,14-15,19-20H2,1-6H3/b16-13+. The normalized spacial score (nSPS) is 29.5. The molecule has 0 radical (unpaired) electrons. The molecule has 8 heteroatoms. The summed E-state index contributed by atoms with van der Waals surface area (Å²) in [5.74, 6) is 0.335. The van der Waals surface area contributed by atoms with Crippen LogP contribution < -0.4 is 0 Å². The topological polar surface area (TPSA) is 74.7 Å². The molecule has 41 heavy (non-hydrogen) atoms. The van der Waals surface area contributed by atoms with Gasteiger partial charge in [-0.3, -0.25) is 9.55 Å². The second-order valence-electron chi connectivity index (χ2n) is 12.9. The molecule has 2 aliphatic carbocycles. The van der Waals surface area contributed by atoms with E-state index in [2.05, 4.69) is 46.5 Å². The third-order valence-corrected chi connectivity index (χ3v) is 11.8. The lowest BCUT2D eigenvalue weighted by Crippen LogP contribution is -2.37. The fourth-order valence-electron chi connectivity index (χ4n) is 6.51. The highest BCUT2D eigenvalue weighted by atomic mass is 32.1. The van der Waals surface area contributed by atoms with E-state index in [1.807, 2.05) is 17.5 Å². The Morgan fingerprint density at radius 2 is 1.56 bits per heavy atom. The van der Waals surface area contributed by atoms with Gasteiger partial charge in [0.2, 0.25) is 5.85 Å². The number of thiophene rings is 1. The molecular weight excluding hydrogens is 553 g/mol. The largest absolute Gasteiger partial charge is 0.441 e. The van der Waals surface area contributed by atoms with Crippen LogP contribution in [0.15, 0.2) is 48.1 Å². The summed E-state index contributed by atoms with van der Waals surface area (Å²) in [7, 11) is -4.05. The summed E-state index contributed by atoms with van der Waals surface area (Å²) in [4.78, 5) is 18.5. The fraction of sp³-hybridized carbons (Fsp3) is 0.636. The lowest BCUT2D eigenvalue weighted by Gasteiger charge is -2.43. The molecule has 2 heterocycles. The van der Waals surface area contributed by atoms with Crippen molar-refractivity contribution in [2.45, 2.75) is 98.1 Å². The molecule has 2 fully saturated rings. The Balaban J connectivity index is 1.73. The molecular formula is C33H48NO5PS. The summed E-state index contributed by atoms with van der Waals surface area (Å²) in [6.07, 6.45) is 11.7. The number of aromatic nitrogens is 1. The average Bonchev–Trinajstić information content (AvgIpc) is 3.44. The van der Waals surface area contributed by atoms with Gasteiger partial charge in [0.25, 0.3) is 0 Å². The highest BCUT2D eigenvalue weighted by Crippen LogP contribution is 2.65. The van der Waals surface area contributed by atoms with Crippen LogP contribution in [0.3, 0.4) is 0 Å². The lowest BCUT2D eigenvalue weighted by atomic mass is 9.75. The Kier molecular flexibility index (Phi) is 11.4. The van der Waals surface area contributed by atoms with Gasteiger partial charge in [-0.1, -0.05) is 66.5 Å². The number of nitrogens with zero attached hydrogens (tertiary/aromatic N) is 1. The van der Waals surface area contributed by atoms with Gasteiger partial charge in [0, 0.05) is 28.9 Å². The average molecular weight is 602 g/mol. The van der Waals surface area contributed by atoms with Crippen LogP contribution in [-0.4, -0.2) is 23.2 Å². The Hall–Kier alpha value is -1.79. The highest BCUT2D eigenvalue weighted by Gasteiger charge is 2.48. The van der Waals surface area contributed by atoms with Crippen LogP contribution in [0.4, 0.5) is 0 Å². The molecule has 2 aromatic heterocycles. The second-order valence-corrected chi connectivity index (χ2v) is 15.9. The molecule has 2 aliphatic rings. The zero-order valence-electron chi connectivity index (χ0n) is 25.5. The van der Waals surface area contributed by atoms with Gasteiger partial charge in [-0.2, -0.15) is 0 Å². The van der Waals surface area contributed by atoms with E-state index >= 15 is 4.57 Å². The minimum atomic E-state index is -4.05. The Labute approximate surface area is 250 Å². The van der Waals surface area contributed by atoms with Crippen molar-refractivity contribution in [3.8, 4) is 0 Å². The van der Waals surface area contributed by atoms with Gasteiger partial charge in [0.05, 0.1) is 12.2 Å². The molecule has 0 N–H and O–H groups in total. The molecule has 2 aromatic rings. The number of carbonyl (C=O) groups is 1. The van der Waals surface area contributed by atoms with E-state index in [9.17, 15) is 4.79 Å². The number of rotatable bonds is 11. The van der Waals surface area contributed by atoms with Gasteiger partial charge in [0.15, 0.2) is 0 Å². The van der Waals surface area contributed by atoms with Gasteiger partial charge in [-0.05, 0) is 84.8 Å². The van der Waals surface area contributed by atoms with E-state index in [1.54, 1.807) is 30.6 Å². The Morgan fingerprint density at radius 1 is 0.951 bits per heavy atom. The lowest BCUT2D eigenvalue weighted by molar-refractivity contribution is -0.141. The summed E-state index contributed by atoms with van der Waals surface area (Å²) >= 11 is 1.53. The zero-order valence-corrected chi connectivity index (χ0v) is 27.2. The number of pyridine rings is 1.